The summed E-state index contributed by atoms with van der Waals surface area (Å²) >= 11 is 0. The molecule has 0 bridgehead atoms. The molecule has 1 aromatic rings. The minimum Gasteiger partial charge on any atom is -0.338 e. The van der Waals surface area contributed by atoms with E-state index in [1.54, 1.807) is 4.90 Å². The van der Waals surface area contributed by atoms with Crippen LogP contribution in [0.3, 0.4) is 0 Å². The molecule has 1 heterocycles. The zero-order valence-corrected chi connectivity index (χ0v) is 10.1. The Kier molecular flexibility index (Phi) is 3.57. The number of hydrogen-bond acceptors (Lipinski definition) is 2. The molecule has 2 rings (SSSR count). The van der Waals surface area contributed by atoms with Crippen molar-refractivity contribution in [3.63, 3.8) is 0 Å². The van der Waals surface area contributed by atoms with Gasteiger partial charge >= 0.3 is 0 Å². The Morgan fingerprint density at radius 2 is 2.06 bits per heavy atom. The fraction of sp³-hybridized carbons (Fsp3) is 0.429. The Bertz CT molecular complexity index is 411. The van der Waals surface area contributed by atoms with Crippen LogP contribution in [0.1, 0.15) is 28.8 Å². The Morgan fingerprint density at radius 1 is 1.35 bits per heavy atom. The zero-order chi connectivity index (χ0) is 12.3. The van der Waals surface area contributed by atoms with Gasteiger partial charge in [-0.1, -0.05) is 17.7 Å². The molecule has 1 atom stereocenters. The summed E-state index contributed by atoms with van der Waals surface area (Å²) in [6.07, 6.45) is 2.79. The molecule has 0 spiro atoms. The maximum absolute atomic E-state index is 12.2. The highest BCUT2D eigenvalue weighted by molar-refractivity contribution is 5.94. The Balaban J connectivity index is 2.09. The lowest BCUT2D eigenvalue weighted by atomic mass is 9.99. The third kappa shape index (κ3) is 2.73. The highest BCUT2D eigenvalue weighted by Gasteiger charge is 2.23. The molecule has 1 unspecified atom stereocenters. The van der Waals surface area contributed by atoms with Gasteiger partial charge in [0.1, 0.15) is 6.29 Å². The first-order valence-electron chi connectivity index (χ1n) is 6.02. The zero-order valence-electron chi connectivity index (χ0n) is 10.1. The van der Waals surface area contributed by atoms with Crippen molar-refractivity contribution in [2.24, 2.45) is 5.92 Å². The van der Waals surface area contributed by atoms with E-state index in [1.165, 1.54) is 0 Å². The van der Waals surface area contributed by atoms with E-state index in [2.05, 4.69) is 0 Å². The molecule has 0 aliphatic carbocycles. The van der Waals surface area contributed by atoms with Crippen molar-refractivity contribution >= 4 is 12.2 Å². The van der Waals surface area contributed by atoms with Crippen molar-refractivity contribution in [2.75, 3.05) is 13.1 Å². The summed E-state index contributed by atoms with van der Waals surface area (Å²) in [6.45, 7) is 3.32. The number of nitrogens with zero attached hydrogens (tertiary/aromatic N) is 1. The fourth-order valence-corrected chi connectivity index (χ4v) is 2.18. The lowest BCUT2D eigenvalue weighted by Gasteiger charge is -2.30. The molecule has 3 nitrogen and oxygen atoms in total. The third-order valence-electron chi connectivity index (χ3n) is 3.24. The number of rotatable bonds is 2. The van der Waals surface area contributed by atoms with Crippen LogP contribution in [0, 0.1) is 12.8 Å². The van der Waals surface area contributed by atoms with E-state index in [4.69, 9.17) is 0 Å². The molecule has 0 radical (unpaired) electrons. The van der Waals surface area contributed by atoms with Crippen molar-refractivity contribution < 1.29 is 9.59 Å². The minimum absolute atomic E-state index is 0.0122. The van der Waals surface area contributed by atoms with E-state index in [9.17, 15) is 9.59 Å². The van der Waals surface area contributed by atoms with E-state index in [0.29, 0.717) is 12.1 Å². The second kappa shape index (κ2) is 5.13. The predicted molar refractivity (Wildman–Crippen MR) is 65.9 cm³/mol. The number of carbonyl (C=O) groups is 2. The molecule has 1 amide bonds. The van der Waals surface area contributed by atoms with Crippen LogP contribution in [-0.2, 0) is 4.79 Å². The van der Waals surface area contributed by atoms with Crippen molar-refractivity contribution in [3.05, 3.63) is 35.4 Å². The molecule has 1 aliphatic heterocycles. The van der Waals surface area contributed by atoms with E-state index >= 15 is 0 Å². The van der Waals surface area contributed by atoms with Crippen LogP contribution in [0.5, 0.6) is 0 Å². The van der Waals surface area contributed by atoms with Gasteiger partial charge in [0.25, 0.3) is 5.91 Å². The van der Waals surface area contributed by atoms with Gasteiger partial charge in [-0.05, 0) is 31.9 Å². The van der Waals surface area contributed by atoms with Crippen LogP contribution < -0.4 is 0 Å². The Hall–Kier alpha value is -1.64. The van der Waals surface area contributed by atoms with Crippen LogP contribution >= 0.6 is 0 Å². The van der Waals surface area contributed by atoms with Gasteiger partial charge < -0.3 is 9.69 Å². The third-order valence-corrected chi connectivity index (χ3v) is 3.24. The lowest BCUT2D eigenvalue weighted by Crippen LogP contribution is -2.40. The molecular weight excluding hydrogens is 214 g/mol. The maximum atomic E-state index is 12.2. The van der Waals surface area contributed by atoms with Crippen molar-refractivity contribution in [2.45, 2.75) is 19.8 Å². The van der Waals surface area contributed by atoms with Crippen LogP contribution in [0.4, 0.5) is 0 Å². The van der Waals surface area contributed by atoms with Crippen molar-refractivity contribution in [1.82, 2.24) is 4.90 Å². The predicted octanol–water partition coefficient (Wildman–Crippen LogP) is 2.05. The van der Waals surface area contributed by atoms with Gasteiger partial charge in [0.2, 0.25) is 0 Å². The number of piperidine rings is 1. The average Bonchev–Trinajstić information content (AvgIpc) is 2.39. The fourth-order valence-electron chi connectivity index (χ4n) is 2.18. The van der Waals surface area contributed by atoms with E-state index in [0.717, 1.165) is 31.2 Å². The van der Waals surface area contributed by atoms with Gasteiger partial charge in [0, 0.05) is 24.6 Å². The second-order valence-electron chi connectivity index (χ2n) is 4.66. The number of benzene rings is 1. The first-order chi connectivity index (χ1) is 8.20. The van der Waals surface area contributed by atoms with Gasteiger partial charge in [-0.25, -0.2) is 0 Å². The van der Waals surface area contributed by atoms with E-state index < -0.39 is 0 Å². The highest BCUT2D eigenvalue weighted by Crippen LogP contribution is 2.17. The molecule has 0 saturated carbocycles. The molecule has 17 heavy (non-hydrogen) atoms. The van der Waals surface area contributed by atoms with Gasteiger partial charge in [0.05, 0.1) is 0 Å². The van der Waals surface area contributed by atoms with Crippen molar-refractivity contribution in [1.29, 1.82) is 0 Å². The van der Waals surface area contributed by atoms with E-state index in [-0.39, 0.29) is 11.8 Å². The summed E-state index contributed by atoms with van der Waals surface area (Å²) < 4.78 is 0. The van der Waals surface area contributed by atoms with Crippen LogP contribution in [0.2, 0.25) is 0 Å². The molecule has 3 heteroatoms. The molecule has 1 aromatic carbocycles. The van der Waals surface area contributed by atoms with Gasteiger partial charge in [-0.3, -0.25) is 4.79 Å². The molecule has 1 aliphatic rings. The van der Waals surface area contributed by atoms with Gasteiger partial charge in [-0.2, -0.15) is 0 Å². The topological polar surface area (TPSA) is 37.4 Å². The molecule has 1 fully saturated rings. The summed E-state index contributed by atoms with van der Waals surface area (Å²) in [7, 11) is 0. The number of carbonyl (C=O) groups excluding carboxylic acids is 2. The summed E-state index contributed by atoms with van der Waals surface area (Å²) in [5.74, 6) is 0.0506. The number of hydrogen-bond donors (Lipinski definition) is 0. The van der Waals surface area contributed by atoms with Crippen LogP contribution in [0.15, 0.2) is 24.3 Å². The first-order valence-corrected chi connectivity index (χ1v) is 6.02. The first kappa shape index (κ1) is 11.8. The smallest absolute Gasteiger partial charge is 0.253 e. The van der Waals surface area contributed by atoms with E-state index in [1.807, 2.05) is 31.2 Å². The number of likely N-dealkylation sites (tertiary alicyclic amines) is 1. The Morgan fingerprint density at radius 3 is 2.71 bits per heavy atom. The number of aryl methyl sites for hydroxylation is 1. The Labute approximate surface area is 101 Å². The summed E-state index contributed by atoms with van der Waals surface area (Å²) in [5.41, 5.74) is 1.85. The van der Waals surface area contributed by atoms with Crippen LogP contribution in [-0.4, -0.2) is 30.2 Å². The normalized spacial score (nSPS) is 20.1. The molecular formula is C14H17NO2. The number of amides is 1. The molecule has 1 saturated heterocycles. The second-order valence-corrected chi connectivity index (χ2v) is 4.66. The van der Waals surface area contributed by atoms with Gasteiger partial charge in [-0.15, -0.1) is 0 Å². The minimum atomic E-state index is 0.0122. The largest absolute Gasteiger partial charge is 0.338 e. The van der Waals surface area contributed by atoms with Crippen LogP contribution in [0.25, 0.3) is 0 Å². The monoisotopic (exact) mass is 231 g/mol. The van der Waals surface area contributed by atoms with Crippen molar-refractivity contribution in [3.8, 4) is 0 Å². The molecule has 0 N–H and O–H groups in total. The molecule has 90 valence electrons. The summed E-state index contributed by atoms with van der Waals surface area (Å²) in [4.78, 5) is 24.7. The lowest BCUT2D eigenvalue weighted by molar-refractivity contribution is -0.112. The molecule has 0 aromatic heterocycles. The summed E-state index contributed by atoms with van der Waals surface area (Å²) in [6, 6.07) is 7.58. The quantitative estimate of drug-likeness (QED) is 0.730. The standard InChI is InChI=1S/C14H17NO2/c1-11-4-6-13(7-5-11)14(17)15-8-2-3-12(9-15)10-16/h4-7,10,12H,2-3,8-9H2,1H3. The average molecular weight is 231 g/mol. The number of aldehydes is 1. The highest BCUT2D eigenvalue weighted by atomic mass is 16.2. The summed E-state index contributed by atoms with van der Waals surface area (Å²) in [5, 5.41) is 0. The maximum Gasteiger partial charge on any atom is 0.253 e. The SMILES string of the molecule is Cc1ccc(C(=O)N2CCCC(C=O)C2)cc1. The van der Waals surface area contributed by atoms with Gasteiger partial charge in [0.15, 0.2) is 0 Å².